The minimum atomic E-state index is -0.102. The summed E-state index contributed by atoms with van der Waals surface area (Å²) in [5.41, 5.74) is 1.15. The largest absolute Gasteiger partial charge is 0.311 e. The van der Waals surface area contributed by atoms with Crippen molar-refractivity contribution in [1.29, 1.82) is 0 Å². The van der Waals surface area contributed by atoms with Crippen LogP contribution in [0, 0.1) is 5.92 Å². The van der Waals surface area contributed by atoms with E-state index >= 15 is 0 Å². The van der Waals surface area contributed by atoms with Crippen molar-refractivity contribution in [3.05, 3.63) is 11.8 Å². The molecule has 3 rings (SSSR count). The third kappa shape index (κ3) is 2.36. The van der Waals surface area contributed by atoms with Gasteiger partial charge in [0, 0.05) is 17.9 Å². The number of fused-ring (bicyclic) bond motifs is 1. The zero-order valence-electron chi connectivity index (χ0n) is 12.8. The summed E-state index contributed by atoms with van der Waals surface area (Å²) >= 11 is 0. The maximum absolute atomic E-state index is 12.1. The summed E-state index contributed by atoms with van der Waals surface area (Å²) in [7, 11) is 0. The minimum Gasteiger partial charge on any atom is -0.311 e. The number of carbonyl (C=O) groups is 1. The van der Waals surface area contributed by atoms with Gasteiger partial charge in [0.1, 0.15) is 5.82 Å². The van der Waals surface area contributed by atoms with E-state index in [-0.39, 0.29) is 11.4 Å². The number of aromatic nitrogens is 2. The van der Waals surface area contributed by atoms with Gasteiger partial charge in [-0.1, -0.05) is 19.3 Å². The number of carbonyl (C=O) groups excluding carboxylic acids is 1. The Morgan fingerprint density at radius 2 is 1.95 bits per heavy atom. The highest BCUT2D eigenvalue weighted by Gasteiger charge is 2.36. The Morgan fingerprint density at radius 3 is 2.60 bits per heavy atom. The number of rotatable bonds is 1. The van der Waals surface area contributed by atoms with Crippen LogP contribution >= 0.6 is 0 Å². The van der Waals surface area contributed by atoms with E-state index in [1.165, 1.54) is 37.7 Å². The molecule has 1 aromatic heterocycles. The molecule has 0 unspecified atom stereocenters. The number of anilines is 1. The standard InChI is InChI=1S/C16H25N3O/c1-16(2,3)19-15-13(10-17-19)12(9-14(20)18-15)11-7-5-4-6-8-11/h10-12H,4-9H2,1-3H3,(H,18,20)/t12-/m0/s1. The van der Waals surface area contributed by atoms with Gasteiger partial charge in [-0.15, -0.1) is 0 Å². The normalized spacial score (nSPS) is 24.4. The van der Waals surface area contributed by atoms with Gasteiger partial charge in [0.05, 0.1) is 11.7 Å². The SMILES string of the molecule is CC(C)(C)n1ncc2c1NC(=O)C[C@H]2C1CCCCC1. The molecule has 4 heteroatoms. The van der Waals surface area contributed by atoms with Crippen molar-refractivity contribution < 1.29 is 4.79 Å². The van der Waals surface area contributed by atoms with Crippen LogP contribution in [0.25, 0.3) is 0 Å². The van der Waals surface area contributed by atoms with E-state index < -0.39 is 0 Å². The Morgan fingerprint density at radius 1 is 1.25 bits per heavy atom. The van der Waals surface area contributed by atoms with Crippen molar-refractivity contribution in [2.75, 3.05) is 5.32 Å². The molecule has 1 aromatic rings. The van der Waals surface area contributed by atoms with E-state index in [1.54, 1.807) is 0 Å². The maximum atomic E-state index is 12.1. The monoisotopic (exact) mass is 275 g/mol. The summed E-state index contributed by atoms with van der Waals surface area (Å²) in [6.07, 6.45) is 9.11. The third-order valence-electron chi connectivity index (χ3n) is 4.71. The molecule has 1 aliphatic heterocycles. The smallest absolute Gasteiger partial charge is 0.226 e. The van der Waals surface area contributed by atoms with Crippen LogP contribution in [-0.2, 0) is 10.3 Å². The molecule has 1 saturated carbocycles. The first kappa shape index (κ1) is 13.7. The van der Waals surface area contributed by atoms with Gasteiger partial charge in [-0.3, -0.25) is 4.79 Å². The molecule has 1 atom stereocenters. The molecule has 4 nitrogen and oxygen atoms in total. The highest BCUT2D eigenvalue weighted by atomic mass is 16.1. The quantitative estimate of drug-likeness (QED) is 0.850. The van der Waals surface area contributed by atoms with E-state index in [2.05, 4.69) is 31.2 Å². The van der Waals surface area contributed by atoms with Gasteiger partial charge in [-0.25, -0.2) is 4.68 Å². The van der Waals surface area contributed by atoms with E-state index in [9.17, 15) is 4.79 Å². The van der Waals surface area contributed by atoms with Gasteiger partial charge in [-0.2, -0.15) is 5.10 Å². The van der Waals surface area contributed by atoms with Crippen molar-refractivity contribution >= 4 is 11.7 Å². The Kier molecular flexibility index (Phi) is 3.35. The molecule has 1 amide bonds. The molecule has 2 aliphatic rings. The number of hydrogen-bond acceptors (Lipinski definition) is 2. The Labute approximate surface area is 120 Å². The van der Waals surface area contributed by atoms with Gasteiger partial charge in [-0.05, 0) is 39.5 Å². The fraction of sp³-hybridized carbons (Fsp3) is 0.750. The van der Waals surface area contributed by atoms with E-state index in [4.69, 9.17) is 0 Å². The predicted molar refractivity (Wildman–Crippen MR) is 79.8 cm³/mol. The molecule has 20 heavy (non-hydrogen) atoms. The molecule has 110 valence electrons. The van der Waals surface area contributed by atoms with Crippen molar-refractivity contribution in [3.63, 3.8) is 0 Å². The average molecular weight is 275 g/mol. The molecule has 2 heterocycles. The lowest BCUT2D eigenvalue weighted by atomic mass is 9.74. The fourth-order valence-corrected chi connectivity index (χ4v) is 3.72. The van der Waals surface area contributed by atoms with E-state index in [1.807, 2.05) is 10.9 Å². The van der Waals surface area contributed by atoms with Crippen LogP contribution in [0.15, 0.2) is 6.20 Å². The van der Waals surface area contributed by atoms with Crippen LogP contribution in [0.5, 0.6) is 0 Å². The molecular weight excluding hydrogens is 250 g/mol. The fourth-order valence-electron chi connectivity index (χ4n) is 3.72. The lowest BCUT2D eigenvalue weighted by Crippen LogP contribution is -2.32. The number of nitrogens with zero attached hydrogens (tertiary/aromatic N) is 2. The maximum Gasteiger partial charge on any atom is 0.226 e. The topological polar surface area (TPSA) is 46.9 Å². The summed E-state index contributed by atoms with van der Waals surface area (Å²) < 4.78 is 1.97. The lowest BCUT2D eigenvalue weighted by molar-refractivity contribution is -0.117. The molecule has 0 spiro atoms. The van der Waals surface area contributed by atoms with Crippen LogP contribution in [0.3, 0.4) is 0 Å². The summed E-state index contributed by atoms with van der Waals surface area (Å²) in [5, 5.41) is 7.60. The van der Waals surface area contributed by atoms with Crippen molar-refractivity contribution in [2.24, 2.45) is 5.92 Å². The molecule has 0 saturated heterocycles. The Hall–Kier alpha value is -1.32. The summed E-state index contributed by atoms with van der Waals surface area (Å²) in [4.78, 5) is 12.1. The minimum absolute atomic E-state index is 0.102. The summed E-state index contributed by atoms with van der Waals surface area (Å²) in [5.74, 6) is 2.12. The molecule has 1 N–H and O–H groups in total. The average Bonchev–Trinajstić information content (AvgIpc) is 2.82. The molecule has 0 aromatic carbocycles. The van der Waals surface area contributed by atoms with Crippen molar-refractivity contribution in [1.82, 2.24) is 9.78 Å². The van der Waals surface area contributed by atoms with Crippen LogP contribution in [-0.4, -0.2) is 15.7 Å². The van der Waals surface area contributed by atoms with Gasteiger partial charge in [0.15, 0.2) is 0 Å². The van der Waals surface area contributed by atoms with Crippen LogP contribution in [0.4, 0.5) is 5.82 Å². The lowest BCUT2D eigenvalue weighted by Gasteiger charge is -2.33. The second-order valence-electron chi connectivity index (χ2n) is 7.29. The van der Waals surface area contributed by atoms with E-state index in [0.717, 1.165) is 5.82 Å². The van der Waals surface area contributed by atoms with Crippen LogP contribution in [0.2, 0.25) is 0 Å². The summed E-state index contributed by atoms with van der Waals surface area (Å²) in [6.45, 7) is 6.37. The van der Waals surface area contributed by atoms with Crippen molar-refractivity contribution in [3.8, 4) is 0 Å². The number of amides is 1. The molecule has 1 aliphatic carbocycles. The highest BCUT2D eigenvalue weighted by Crippen LogP contribution is 2.43. The van der Waals surface area contributed by atoms with Gasteiger partial charge < -0.3 is 5.32 Å². The Bertz CT molecular complexity index is 506. The van der Waals surface area contributed by atoms with Crippen molar-refractivity contribution in [2.45, 2.75) is 70.8 Å². The zero-order chi connectivity index (χ0) is 14.3. The first-order valence-corrected chi connectivity index (χ1v) is 7.85. The summed E-state index contributed by atoms with van der Waals surface area (Å²) in [6, 6.07) is 0. The Balaban J connectivity index is 1.96. The first-order valence-electron chi connectivity index (χ1n) is 7.85. The second-order valence-corrected chi connectivity index (χ2v) is 7.29. The molecule has 1 fully saturated rings. The van der Waals surface area contributed by atoms with E-state index in [0.29, 0.717) is 18.3 Å². The highest BCUT2D eigenvalue weighted by molar-refractivity contribution is 5.93. The zero-order valence-corrected chi connectivity index (χ0v) is 12.8. The molecule has 0 radical (unpaired) electrons. The second kappa shape index (κ2) is 4.90. The van der Waals surface area contributed by atoms with Crippen LogP contribution in [0.1, 0.15) is 70.8 Å². The third-order valence-corrected chi connectivity index (χ3v) is 4.71. The molecule has 0 bridgehead atoms. The van der Waals surface area contributed by atoms with Crippen LogP contribution < -0.4 is 5.32 Å². The van der Waals surface area contributed by atoms with Gasteiger partial charge in [0.25, 0.3) is 0 Å². The number of nitrogens with one attached hydrogen (secondary N) is 1. The van der Waals surface area contributed by atoms with Gasteiger partial charge in [0.2, 0.25) is 5.91 Å². The predicted octanol–water partition coefficient (Wildman–Crippen LogP) is 3.64. The number of hydrogen-bond donors (Lipinski definition) is 1. The van der Waals surface area contributed by atoms with Gasteiger partial charge >= 0.3 is 0 Å². The first-order chi connectivity index (χ1) is 9.47. The molecular formula is C16H25N3O.